The van der Waals surface area contributed by atoms with Crippen LogP contribution in [0, 0.1) is 0 Å². The van der Waals surface area contributed by atoms with Crippen LogP contribution < -0.4 is 5.32 Å². The average Bonchev–Trinajstić information content (AvgIpc) is 2.73. The van der Waals surface area contributed by atoms with Crippen molar-refractivity contribution in [1.29, 1.82) is 0 Å². The normalized spacial score (nSPS) is 16.1. The molecule has 6 nitrogen and oxygen atoms in total. The molecule has 0 radical (unpaired) electrons. The van der Waals surface area contributed by atoms with E-state index in [0.29, 0.717) is 6.42 Å². The highest BCUT2D eigenvalue weighted by Crippen LogP contribution is 2.27. The predicted molar refractivity (Wildman–Crippen MR) is 70.4 cm³/mol. The van der Waals surface area contributed by atoms with Gasteiger partial charge in [-0.15, -0.1) is 10.2 Å². The van der Waals surface area contributed by atoms with Crippen molar-refractivity contribution in [3.05, 3.63) is 6.33 Å². The minimum Gasteiger partial charge on any atom is -0.468 e. The van der Waals surface area contributed by atoms with Crippen molar-refractivity contribution in [2.75, 3.05) is 14.2 Å². The number of aromatic nitrogens is 3. The second-order valence-electron chi connectivity index (χ2n) is 4.43. The first-order valence-electron chi connectivity index (χ1n) is 5.71. The molecule has 0 spiro atoms. The van der Waals surface area contributed by atoms with E-state index in [2.05, 4.69) is 22.4 Å². The SMILES string of the molecule is CNC(C)(CC(C)Sc1nncn1C)C(=O)OC. The van der Waals surface area contributed by atoms with Crippen LogP contribution in [-0.4, -0.2) is 45.7 Å². The summed E-state index contributed by atoms with van der Waals surface area (Å²) in [7, 11) is 5.06. The Morgan fingerprint density at radius 1 is 1.72 bits per heavy atom. The summed E-state index contributed by atoms with van der Waals surface area (Å²) in [6.45, 7) is 3.89. The van der Waals surface area contributed by atoms with Crippen LogP contribution in [0.1, 0.15) is 20.3 Å². The van der Waals surface area contributed by atoms with E-state index in [1.54, 1.807) is 25.1 Å². The monoisotopic (exact) mass is 272 g/mol. The zero-order chi connectivity index (χ0) is 13.8. The van der Waals surface area contributed by atoms with Gasteiger partial charge < -0.3 is 14.6 Å². The molecular weight excluding hydrogens is 252 g/mol. The van der Waals surface area contributed by atoms with E-state index in [4.69, 9.17) is 4.74 Å². The number of thioether (sulfide) groups is 1. The van der Waals surface area contributed by atoms with Gasteiger partial charge in [0, 0.05) is 12.3 Å². The first kappa shape index (κ1) is 15.0. The molecule has 1 N–H and O–H groups in total. The molecule has 7 heteroatoms. The minimum absolute atomic E-state index is 0.212. The molecule has 102 valence electrons. The maximum Gasteiger partial charge on any atom is 0.325 e. The standard InChI is InChI=1S/C11H20N4O2S/c1-8(18-10-14-13-7-15(10)4)6-11(2,12-3)9(16)17-5/h7-8,12H,6H2,1-5H3. The largest absolute Gasteiger partial charge is 0.468 e. The number of hydrogen-bond donors (Lipinski definition) is 1. The zero-order valence-electron chi connectivity index (χ0n) is 11.4. The van der Waals surface area contributed by atoms with E-state index >= 15 is 0 Å². The Labute approximate surface area is 111 Å². The molecule has 1 aromatic heterocycles. The summed E-state index contributed by atoms with van der Waals surface area (Å²) in [4.78, 5) is 11.7. The van der Waals surface area contributed by atoms with Crippen molar-refractivity contribution >= 4 is 17.7 Å². The molecule has 0 aliphatic rings. The van der Waals surface area contributed by atoms with Gasteiger partial charge in [0.25, 0.3) is 0 Å². The fraction of sp³-hybridized carbons (Fsp3) is 0.727. The number of nitrogens with zero attached hydrogens (tertiary/aromatic N) is 3. The number of likely N-dealkylation sites (N-methyl/N-ethyl adjacent to an activating group) is 1. The summed E-state index contributed by atoms with van der Waals surface area (Å²) in [5.41, 5.74) is -0.681. The molecule has 0 fully saturated rings. The second kappa shape index (κ2) is 6.19. The fourth-order valence-electron chi connectivity index (χ4n) is 1.69. The lowest BCUT2D eigenvalue weighted by Gasteiger charge is -2.28. The van der Waals surface area contributed by atoms with Crippen molar-refractivity contribution in [3.63, 3.8) is 0 Å². The van der Waals surface area contributed by atoms with Crippen LogP contribution in [0.15, 0.2) is 11.5 Å². The van der Waals surface area contributed by atoms with Gasteiger partial charge in [0.05, 0.1) is 7.11 Å². The van der Waals surface area contributed by atoms with E-state index < -0.39 is 5.54 Å². The molecule has 0 saturated carbocycles. The van der Waals surface area contributed by atoms with Gasteiger partial charge in [0.15, 0.2) is 5.16 Å². The topological polar surface area (TPSA) is 69.0 Å². The molecule has 1 heterocycles. The molecule has 0 saturated heterocycles. The van der Waals surface area contributed by atoms with Crippen molar-refractivity contribution < 1.29 is 9.53 Å². The number of ether oxygens (including phenoxy) is 1. The number of methoxy groups -OCH3 is 1. The van der Waals surface area contributed by atoms with E-state index in [1.807, 2.05) is 18.5 Å². The van der Waals surface area contributed by atoms with Gasteiger partial charge in [-0.1, -0.05) is 18.7 Å². The van der Waals surface area contributed by atoms with Gasteiger partial charge in [-0.05, 0) is 20.4 Å². The second-order valence-corrected chi connectivity index (χ2v) is 5.84. The minimum atomic E-state index is -0.681. The Morgan fingerprint density at radius 2 is 2.39 bits per heavy atom. The average molecular weight is 272 g/mol. The highest BCUT2D eigenvalue weighted by Gasteiger charge is 2.34. The Balaban J connectivity index is 2.65. The lowest BCUT2D eigenvalue weighted by atomic mass is 9.96. The number of esters is 1. The third-order valence-electron chi connectivity index (χ3n) is 2.86. The van der Waals surface area contributed by atoms with E-state index in [0.717, 1.165) is 5.16 Å². The molecule has 2 atom stereocenters. The summed E-state index contributed by atoms with van der Waals surface area (Å²) in [5, 5.41) is 11.9. The number of carbonyl (C=O) groups excluding carboxylic acids is 1. The lowest BCUT2D eigenvalue weighted by molar-refractivity contribution is -0.147. The smallest absolute Gasteiger partial charge is 0.325 e. The summed E-state index contributed by atoms with van der Waals surface area (Å²) in [6.07, 6.45) is 2.31. The highest BCUT2D eigenvalue weighted by molar-refractivity contribution is 7.99. The van der Waals surface area contributed by atoms with Crippen molar-refractivity contribution in [2.45, 2.75) is 36.2 Å². The lowest BCUT2D eigenvalue weighted by Crippen LogP contribution is -2.49. The molecule has 1 rings (SSSR count). The van der Waals surface area contributed by atoms with Gasteiger partial charge >= 0.3 is 5.97 Å². The van der Waals surface area contributed by atoms with Gasteiger partial charge in [-0.3, -0.25) is 4.79 Å². The van der Waals surface area contributed by atoms with Crippen LogP contribution in [0.3, 0.4) is 0 Å². The molecule has 2 unspecified atom stereocenters. The summed E-state index contributed by atoms with van der Waals surface area (Å²) < 4.78 is 6.68. The summed E-state index contributed by atoms with van der Waals surface area (Å²) in [5.74, 6) is -0.254. The van der Waals surface area contributed by atoms with Crippen LogP contribution >= 0.6 is 11.8 Å². The maximum atomic E-state index is 11.7. The van der Waals surface area contributed by atoms with Gasteiger partial charge in [-0.25, -0.2) is 0 Å². The van der Waals surface area contributed by atoms with Crippen molar-refractivity contribution in [3.8, 4) is 0 Å². The van der Waals surface area contributed by atoms with Crippen LogP contribution in [0.5, 0.6) is 0 Å². The summed E-state index contributed by atoms with van der Waals surface area (Å²) >= 11 is 1.59. The molecular formula is C11H20N4O2S. The molecule has 1 aromatic rings. The third kappa shape index (κ3) is 3.46. The molecule has 0 aromatic carbocycles. The molecule has 0 aliphatic heterocycles. The number of aryl methyl sites for hydroxylation is 1. The van der Waals surface area contributed by atoms with E-state index in [1.165, 1.54) is 7.11 Å². The van der Waals surface area contributed by atoms with Gasteiger partial charge in [0.1, 0.15) is 11.9 Å². The molecule has 0 amide bonds. The third-order valence-corrected chi connectivity index (χ3v) is 4.01. The molecule has 18 heavy (non-hydrogen) atoms. The zero-order valence-corrected chi connectivity index (χ0v) is 12.2. The highest BCUT2D eigenvalue weighted by atomic mass is 32.2. The van der Waals surface area contributed by atoms with Crippen LogP contribution in [0.25, 0.3) is 0 Å². The number of hydrogen-bond acceptors (Lipinski definition) is 6. The number of carbonyl (C=O) groups is 1. The quantitative estimate of drug-likeness (QED) is 0.611. The Bertz CT molecular complexity index is 410. The Hall–Kier alpha value is -1.08. The number of nitrogens with one attached hydrogen (secondary N) is 1. The predicted octanol–water partition coefficient (Wildman–Crippen LogP) is 0.837. The first-order valence-corrected chi connectivity index (χ1v) is 6.59. The Morgan fingerprint density at radius 3 is 2.83 bits per heavy atom. The first-order chi connectivity index (χ1) is 8.42. The van der Waals surface area contributed by atoms with Gasteiger partial charge in [-0.2, -0.15) is 0 Å². The Kier molecular flexibility index (Phi) is 5.15. The fourth-order valence-corrected chi connectivity index (χ4v) is 2.77. The maximum absolute atomic E-state index is 11.7. The van der Waals surface area contributed by atoms with Crippen LogP contribution in [0.2, 0.25) is 0 Å². The van der Waals surface area contributed by atoms with Gasteiger partial charge in [0.2, 0.25) is 0 Å². The van der Waals surface area contributed by atoms with E-state index in [9.17, 15) is 4.79 Å². The summed E-state index contributed by atoms with van der Waals surface area (Å²) in [6, 6.07) is 0. The van der Waals surface area contributed by atoms with Crippen molar-refractivity contribution in [1.82, 2.24) is 20.1 Å². The van der Waals surface area contributed by atoms with Crippen LogP contribution in [-0.2, 0) is 16.6 Å². The van der Waals surface area contributed by atoms with Crippen molar-refractivity contribution in [2.24, 2.45) is 7.05 Å². The van der Waals surface area contributed by atoms with Crippen LogP contribution in [0.4, 0.5) is 0 Å². The number of rotatable bonds is 6. The van der Waals surface area contributed by atoms with E-state index in [-0.39, 0.29) is 11.2 Å². The molecule has 0 aliphatic carbocycles. The molecule has 0 bridgehead atoms.